The smallest absolute Gasteiger partial charge is 0.258 e. The molecule has 5 nitrogen and oxygen atoms in total. The molecule has 3 rings (SSSR count). The quantitative estimate of drug-likeness (QED) is 0.751. The predicted molar refractivity (Wildman–Crippen MR) is 91.3 cm³/mol. The normalized spacial score (nSPS) is 11.9. The van der Waals surface area contributed by atoms with Gasteiger partial charge in [0.05, 0.1) is 13.2 Å². The predicted octanol–water partition coefficient (Wildman–Crippen LogP) is 3.70. The summed E-state index contributed by atoms with van der Waals surface area (Å²) in [6.07, 6.45) is 0. The first kappa shape index (κ1) is 15.9. The Morgan fingerprint density at radius 2 is 1.83 bits per heavy atom. The van der Waals surface area contributed by atoms with Crippen LogP contribution in [0.25, 0.3) is 11.0 Å². The highest BCUT2D eigenvalue weighted by atomic mass is 16.5. The summed E-state index contributed by atoms with van der Waals surface area (Å²) in [4.78, 5) is 12.0. The van der Waals surface area contributed by atoms with E-state index in [1.165, 1.54) is 0 Å². The zero-order chi connectivity index (χ0) is 16.9. The van der Waals surface area contributed by atoms with Crippen LogP contribution in [0.1, 0.15) is 18.7 Å². The van der Waals surface area contributed by atoms with Crippen LogP contribution in [0.4, 0.5) is 0 Å². The van der Waals surface area contributed by atoms with E-state index < -0.39 is 0 Å². The first-order valence-electron chi connectivity index (χ1n) is 7.70. The Labute approximate surface area is 140 Å². The number of nitrogens with one attached hydrogen (secondary N) is 1. The lowest BCUT2D eigenvalue weighted by Gasteiger charge is -2.12. The fraction of sp³-hybridized carbons (Fsp3) is 0.211. The summed E-state index contributed by atoms with van der Waals surface area (Å²) in [5.41, 5.74) is 0.808. The Kier molecular flexibility index (Phi) is 4.70. The lowest BCUT2D eigenvalue weighted by molar-refractivity contribution is -0.123. The summed E-state index contributed by atoms with van der Waals surface area (Å²) in [7, 11) is 1.60. The van der Waals surface area contributed by atoms with E-state index in [1.807, 2.05) is 37.3 Å². The molecule has 0 unspecified atom stereocenters. The number of benzene rings is 2. The van der Waals surface area contributed by atoms with E-state index in [1.54, 1.807) is 31.4 Å². The molecule has 1 amide bonds. The Balaban J connectivity index is 1.55. The fourth-order valence-corrected chi connectivity index (χ4v) is 2.39. The van der Waals surface area contributed by atoms with E-state index >= 15 is 0 Å². The van der Waals surface area contributed by atoms with Crippen molar-refractivity contribution in [2.45, 2.75) is 13.0 Å². The minimum atomic E-state index is -0.232. The summed E-state index contributed by atoms with van der Waals surface area (Å²) < 4.78 is 16.3. The fourth-order valence-electron chi connectivity index (χ4n) is 2.39. The third-order valence-electron chi connectivity index (χ3n) is 3.68. The second kappa shape index (κ2) is 7.08. The van der Waals surface area contributed by atoms with Crippen molar-refractivity contribution in [3.63, 3.8) is 0 Å². The van der Waals surface area contributed by atoms with Crippen LogP contribution in [-0.2, 0) is 4.79 Å². The molecule has 24 heavy (non-hydrogen) atoms. The van der Waals surface area contributed by atoms with E-state index in [4.69, 9.17) is 13.9 Å². The summed E-state index contributed by atoms with van der Waals surface area (Å²) in [5.74, 6) is 1.86. The van der Waals surface area contributed by atoms with Gasteiger partial charge in [-0.1, -0.05) is 18.2 Å². The Hall–Kier alpha value is -2.95. The van der Waals surface area contributed by atoms with Crippen LogP contribution in [0, 0.1) is 0 Å². The average molecular weight is 325 g/mol. The standard InChI is InChI=1S/C19H19NO4/c1-13(18-11-14-5-3-4-6-17(14)24-18)20-19(21)12-23-16-9-7-15(22-2)8-10-16/h3-11,13H,12H2,1-2H3,(H,20,21)/t13-/m0/s1. The third kappa shape index (κ3) is 3.68. The third-order valence-corrected chi connectivity index (χ3v) is 3.68. The van der Waals surface area contributed by atoms with Gasteiger partial charge < -0.3 is 19.2 Å². The van der Waals surface area contributed by atoms with E-state index in [0.29, 0.717) is 11.5 Å². The van der Waals surface area contributed by atoms with Gasteiger partial charge >= 0.3 is 0 Å². The van der Waals surface area contributed by atoms with Crippen molar-refractivity contribution in [1.82, 2.24) is 5.32 Å². The summed E-state index contributed by atoms with van der Waals surface area (Å²) in [6, 6.07) is 16.5. The molecule has 0 saturated heterocycles. The minimum Gasteiger partial charge on any atom is -0.497 e. The Morgan fingerprint density at radius 3 is 2.54 bits per heavy atom. The van der Waals surface area contributed by atoms with Gasteiger partial charge in [0.1, 0.15) is 22.8 Å². The Bertz CT molecular complexity index is 790. The number of furan rings is 1. The minimum absolute atomic E-state index is 0.0586. The average Bonchev–Trinajstić information content (AvgIpc) is 3.05. The van der Waals surface area contributed by atoms with Crippen LogP contribution in [-0.4, -0.2) is 19.6 Å². The number of carbonyl (C=O) groups excluding carboxylic acids is 1. The molecule has 1 N–H and O–H groups in total. The molecule has 0 fully saturated rings. The lowest BCUT2D eigenvalue weighted by atomic mass is 10.2. The number of para-hydroxylation sites is 1. The second-order valence-corrected chi connectivity index (χ2v) is 5.44. The first-order chi connectivity index (χ1) is 11.7. The number of hydrogen-bond acceptors (Lipinski definition) is 4. The van der Waals surface area contributed by atoms with Gasteiger partial charge in [-0.2, -0.15) is 0 Å². The summed E-state index contributed by atoms with van der Waals surface area (Å²) in [6.45, 7) is 1.82. The van der Waals surface area contributed by atoms with Gasteiger partial charge in [-0.25, -0.2) is 0 Å². The van der Waals surface area contributed by atoms with Crippen molar-refractivity contribution < 1.29 is 18.7 Å². The molecule has 0 aliphatic heterocycles. The van der Waals surface area contributed by atoms with E-state index in [9.17, 15) is 4.79 Å². The summed E-state index contributed by atoms with van der Waals surface area (Å²) >= 11 is 0. The number of amides is 1. The topological polar surface area (TPSA) is 60.7 Å². The van der Waals surface area contributed by atoms with E-state index in [-0.39, 0.29) is 18.6 Å². The van der Waals surface area contributed by atoms with Gasteiger partial charge in [0.15, 0.2) is 6.61 Å². The second-order valence-electron chi connectivity index (χ2n) is 5.44. The maximum atomic E-state index is 12.0. The van der Waals surface area contributed by atoms with Crippen LogP contribution < -0.4 is 14.8 Å². The number of fused-ring (bicyclic) bond motifs is 1. The molecule has 0 saturated carbocycles. The molecular weight excluding hydrogens is 306 g/mol. The van der Waals surface area contributed by atoms with Crippen molar-refractivity contribution in [1.29, 1.82) is 0 Å². The maximum absolute atomic E-state index is 12.0. The van der Waals surface area contributed by atoms with Crippen LogP contribution in [0.5, 0.6) is 11.5 Å². The molecular formula is C19H19NO4. The zero-order valence-electron chi connectivity index (χ0n) is 13.6. The lowest BCUT2D eigenvalue weighted by Crippen LogP contribution is -2.31. The molecule has 0 aliphatic carbocycles. The number of rotatable bonds is 6. The van der Waals surface area contributed by atoms with Crippen LogP contribution in [0.15, 0.2) is 59.0 Å². The zero-order valence-corrected chi connectivity index (χ0v) is 13.6. The molecule has 0 radical (unpaired) electrons. The molecule has 2 aromatic carbocycles. The summed E-state index contributed by atoms with van der Waals surface area (Å²) in [5, 5.41) is 3.88. The number of carbonyl (C=O) groups is 1. The highest BCUT2D eigenvalue weighted by molar-refractivity contribution is 5.79. The Morgan fingerprint density at radius 1 is 1.12 bits per heavy atom. The highest BCUT2D eigenvalue weighted by Gasteiger charge is 2.14. The molecule has 0 aliphatic rings. The SMILES string of the molecule is COc1ccc(OCC(=O)N[C@@H](C)c2cc3ccccc3o2)cc1. The van der Waals surface area contributed by atoms with Gasteiger partial charge in [-0.15, -0.1) is 0 Å². The van der Waals surface area contributed by atoms with Gasteiger partial charge in [0.25, 0.3) is 5.91 Å². The van der Waals surface area contributed by atoms with Crippen LogP contribution >= 0.6 is 0 Å². The number of ether oxygens (including phenoxy) is 2. The molecule has 0 bridgehead atoms. The largest absolute Gasteiger partial charge is 0.497 e. The maximum Gasteiger partial charge on any atom is 0.258 e. The molecule has 0 spiro atoms. The van der Waals surface area contributed by atoms with Gasteiger partial charge in [0.2, 0.25) is 0 Å². The molecule has 1 aromatic heterocycles. The number of hydrogen-bond donors (Lipinski definition) is 1. The van der Waals surface area contributed by atoms with Gasteiger partial charge in [0, 0.05) is 5.39 Å². The number of methoxy groups -OCH3 is 1. The van der Waals surface area contributed by atoms with Crippen LogP contribution in [0.3, 0.4) is 0 Å². The van der Waals surface area contributed by atoms with Gasteiger partial charge in [-0.3, -0.25) is 4.79 Å². The first-order valence-corrected chi connectivity index (χ1v) is 7.70. The van der Waals surface area contributed by atoms with Crippen molar-refractivity contribution in [2.24, 2.45) is 0 Å². The molecule has 3 aromatic rings. The van der Waals surface area contributed by atoms with Crippen molar-refractivity contribution in [2.75, 3.05) is 13.7 Å². The highest BCUT2D eigenvalue weighted by Crippen LogP contribution is 2.23. The van der Waals surface area contributed by atoms with Crippen molar-refractivity contribution in [3.8, 4) is 11.5 Å². The van der Waals surface area contributed by atoms with Crippen LogP contribution in [0.2, 0.25) is 0 Å². The monoisotopic (exact) mass is 325 g/mol. The molecule has 5 heteroatoms. The van der Waals surface area contributed by atoms with E-state index in [2.05, 4.69) is 5.32 Å². The molecule has 1 heterocycles. The molecule has 1 atom stereocenters. The van der Waals surface area contributed by atoms with E-state index in [0.717, 1.165) is 16.7 Å². The van der Waals surface area contributed by atoms with Gasteiger partial charge in [-0.05, 0) is 43.3 Å². The van der Waals surface area contributed by atoms with Crippen molar-refractivity contribution >= 4 is 16.9 Å². The molecule has 124 valence electrons. The van der Waals surface area contributed by atoms with Crippen molar-refractivity contribution in [3.05, 3.63) is 60.4 Å².